The Bertz CT molecular complexity index is 657. The third-order valence-electron chi connectivity index (χ3n) is 2.73. The summed E-state index contributed by atoms with van der Waals surface area (Å²) in [5, 5.41) is 4.02. The monoisotopic (exact) mass is 373 g/mol. The Labute approximate surface area is 134 Å². The highest BCUT2D eigenvalue weighted by atomic mass is 79.9. The molecule has 0 saturated carbocycles. The van der Waals surface area contributed by atoms with Gasteiger partial charge in [0.1, 0.15) is 10.00 Å². The van der Waals surface area contributed by atoms with Crippen LogP contribution >= 0.6 is 39.5 Å². The molecule has 7 heteroatoms. The van der Waals surface area contributed by atoms with Gasteiger partial charge in [-0.1, -0.05) is 12.2 Å². The Morgan fingerprint density at radius 1 is 1.55 bits per heavy atom. The van der Waals surface area contributed by atoms with Crippen molar-refractivity contribution in [2.24, 2.45) is 5.73 Å². The van der Waals surface area contributed by atoms with E-state index in [4.69, 9.17) is 18.0 Å². The molecule has 106 valence electrons. The Morgan fingerprint density at radius 2 is 2.25 bits per heavy atom. The van der Waals surface area contributed by atoms with Crippen LogP contribution in [0.3, 0.4) is 0 Å². The molecule has 1 aromatic heterocycles. The van der Waals surface area contributed by atoms with Crippen LogP contribution in [0.15, 0.2) is 22.8 Å². The summed E-state index contributed by atoms with van der Waals surface area (Å²) in [7, 11) is 0. The quantitative estimate of drug-likeness (QED) is 0.789. The largest absolute Gasteiger partial charge is 0.389 e. The van der Waals surface area contributed by atoms with E-state index < -0.39 is 5.82 Å². The molecule has 0 spiro atoms. The lowest BCUT2D eigenvalue weighted by atomic mass is 10.2. The molecular weight excluding hydrogens is 361 g/mol. The fourth-order valence-corrected chi connectivity index (χ4v) is 3.36. The maximum atomic E-state index is 14.3. The molecule has 0 bridgehead atoms. The van der Waals surface area contributed by atoms with Gasteiger partial charge in [0.25, 0.3) is 0 Å². The van der Waals surface area contributed by atoms with Crippen molar-refractivity contribution >= 4 is 50.2 Å². The van der Waals surface area contributed by atoms with Crippen molar-refractivity contribution in [3.05, 3.63) is 44.1 Å². The minimum atomic E-state index is -0.407. The molecule has 1 unspecified atom stereocenters. The highest BCUT2D eigenvalue weighted by Gasteiger charge is 2.16. The highest BCUT2D eigenvalue weighted by Crippen LogP contribution is 2.30. The van der Waals surface area contributed by atoms with Gasteiger partial charge in [-0.3, -0.25) is 0 Å². The highest BCUT2D eigenvalue weighted by molar-refractivity contribution is 9.10. The lowest BCUT2D eigenvalue weighted by Gasteiger charge is -2.15. The van der Waals surface area contributed by atoms with Crippen molar-refractivity contribution in [3.8, 4) is 0 Å². The molecular formula is C13H13BrFN3S2. The molecule has 3 N–H and O–H groups in total. The van der Waals surface area contributed by atoms with Gasteiger partial charge >= 0.3 is 0 Å². The molecule has 1 heterocycles. The van der Waals surface area contributed by atoms with Crippen molar-refractivity contribution in [1.29, 1.82) is 0 Å². The summed E-state index contributed by atoms with van der Waals surface area (Å²) in [6.07, 6.45) is 1.81. The molecule has 0 radical (unpaired) electrons. The van der Waals surface area contributed by atoms with Crippen LogP contribution in [0.5, 0.6) is 0 Å². The molecule has 0 aliphatic heterocycles. The molecule has 0 amide bonds. The number of nitrogens with zero attached hydrogens (tertiary/aromatic N) is 1. The fraction of sp³-hybridized carbons (Fsp3) is 0.231. The first kappa shape index (κ1) is 15.3. The second-order valence-corrected chi connectivity index (χ2v) is 6.83. The van der Waals surface area contributed by atoms with E-state index in [1.807, 2.05) is 13.8 Å². The molecule has 3 nitrogen and oxygen atoms in total. The molecule has 0 fully saturated rings. The third-order valence-corrected chi connectivity index (χ3v) is 4.82. The first-order chi connectivity index (χ1) is 9.40. The SMILES string of the molecule is Cc1cnc(C(C)Nc2ccc(C(N)=S)c(Br)c2F)s1. The standard InChI is InChI=1S/C13H13BrFN3S2/c1-6-5-17-13(20-6)7(2)18-9-4-3-8(12(16)19)10(14)11(9)15/h3-5,7,18H,1-2H3,(H2,16,19). The minimum Gasteiger partial charge on any atom is -0.389 e. The molecule has 1 aromatic carbocycles. The number of hydrogen-bond donors (Lipinski definition) is 2. The smallest absolute Gasteiger partial charge is 0.161 e. The Balaban J connectivity index is 2.26. The van der Waals surface area contributed by atoms with Crippen molar-refractivity contribution in [1.82, 2.24) is 4.98 Å². The van der Waals surface area contributed by atoms with Crippen LogP contribution in [-0.4, -0.2) is 9.97 Å². The molecule has 2 aromatic rings. The first-order valence-electron chi connectivity index (χ1n) is 5.86. The molecule has 20 heavy (non-hydrogen) atoms. The van der Waals surface area contributed by atoms with Crippen LogP contribution in [0.4, 0.5) is 10.1 Å². The molecule has 2 rings (SSSR count). The zero-order chi connectivity index (χ0) is 14.9. The van der Waals surface area contributed by atoms with Crippen molar-refractivity contribution < 1.29 is 4.39 Å². The molecule has 0 aliphatic carbocycles. The summed E-state index contributed by atoms with van der Waals surface area (Å²) in [6, 6.07) is 3.24. The third kappa shape index (κ3) is 3.16. The normalized spacial score (nSPS) is 12.2. The minimum absolute atomic E-state index is 0.0780. The zero-order valence-corrected chi connectivity index (χ0v) is 14.1. The van der Waals surface area contributed by atoms with Crippen molar-refractivity contribution in [2.45, 2.75) is 19.9 Å². The number of thiazole rings is 1. The van der Waals surface area contributed by atoms with Crippen LogP contribution in [0.2, 0.25) is 0 Å². The van der Waals surface area contributed by atoms with Gasteiger partial charge in [-0.25, -0.2) is 9.37 Å². The number of benzene rings is 1. The van der Waals surface area contributed by atoms with E-state index >= 15 is 0 Å². The number of hydrogen-bond acceptors (Lipinski definition) is 4. The van der Waals surface area contributed by atoms with Gasteiger partial charge in [0.15, 0.2) is 5.82 Å². The van der Waals surface area contributed by atoms with E-state index in [2.05, 4.69) is 26.2 Å². The van der Waals surface area contributed by atoms with Crippen LogP contribution < -0.4 is 11.1 Å². The van der Waals surface area contributed by atoms with E-state index in [-0.39, 0.29) is 15.5 Å². The Hall–Kier alpha value is -1.05. The molecule has 0 saturated heterocycles. The van der Waals surface area contributed by atoms with Gasteiger partial charge in [0.2, 0.25) is 0 Å². The number of nitrogens with one attached hydrogen (secondary N) is 1. The Kier molecular flexibility index (Phi) is 4.72. The van der Waals surface area contributed by atoms with Crippen LogP contribution in [-0.2, 0) is 0 Å². The average Bonchev–Trinajstić information content (AvgIpc) is 2.81. The number of aryl methyl sites for hydroxylation is 1. The predicted molar refractivity (Wildman–Crippen MR) is 88.9 cm³/mol. The summed E-state index contributed by atoms with van der Waals surface area (Å²) in [6.45, 7) is 3.93. The van der Waals surface area contributed by atoms with Gasteiger partial charge in [0, 0.05) is 16.6 Å². The average molecular weight is 374 g/mol. The summed E-state index contributed by atoms with van der Waals surface area (Å²) in [5.74, 6) is -0.407. The van der Waals surface area contributed by atoms with E-state index in [0.29, 0.717) is 11.3 Å². The van der Waals surface area contributed by atoms with E-state index in [0.717, 1.165) is 9.88 Å². The maximum Gasteiger partial charge on any atom is 0.161 e. The van der Waals surface area contributed by atoms with Crippen molar-refractivity contribution in [2.75, 3.05) is 5.32 Å². The fourth-order valence-electron chi connectivity index (χ4n) is 1.72. The van der Waals surface area contributed by atoms with E-state index in [1.165, 1.54) is 0 Å². The first-order valence-corrected chi connectivity index (χ1v) is 7.88. The van der Waals surface area contributed by atoms with E-state index in [1.54, 1.807) is 29.7 Å². The zero-order valence-electron chi connectivity index (χ0n) is 10.9. The number of aromatic nitrogens is 1. The van der Waals surface area contributed by atoms with E-state index in [9.17, 15) is 4.39 Å². The lowest BCUT2D eigenvalue weighted by molar-refractivity contribution is 0.620. The van der Waals surface area contributed by atoms with Gasteiger partial charge in [-0.2, -0.15) is 0 Å². The Morgan fingerprint density at radius 3 is 2.80 bits per heavy atom. The molecule has 0 aliphatic rings. The summed E-state index contributed by atoms with van der Waals surface area (Å²) in [4.78, 5) is 5.57. The lowest BCUT2D eigenvalue weighted by Crippen LogP contribution is -2.13. The topological polar surface area (TPSA) is 50.9 Å². The van der Waals surface area contributed by atoms with Crippen LogP contribution in [0, 0.1) is 12.7 Å². The van der Waals surface area contributed by atoms with Crippen molar-refractivity contribution in [3.63, 3.8) is 0 Å². The van der Waals surface area contributed by atoms with Gasteiger partial charge in [0.05, 0.1) is 16.2 Å². The number of thiocarbonyl (C=S) groups is 1. The summed E-state index contributed by atoms with van der Waals surface area (Å²) < 4.78 is 14.5. The maximum absolute atomic E-state index is 14.3. The van der Waals surface area contributed by atoms with Crippen LogP contribution in [0.1, 0.15) is 28.4 Å². The number of rotatable bonds is 4. The summed E-state index contributed by atoms with van der Waals surface area (Å²) in [5.41, 5.74) is 6.41. The summed E-state index contributed by atoms with van der Waals surface area (Å²) >= 11 is 9.64. The van der Waals surface area contributed by atoms with Gasteiger partial charge in [-0.05, 0) is 41.9 Å². The molecule has 1 atom stereocenters. The predicted octanol–water partition coefficient (Wildman–Crippen LogP) is 4.16. The number of nitrogens with two attached hydrogens (primary N) is 1. The number of halogens is 2. The van der Waals surface area contributed by atoms with Gasteiger partial charge in [-0.15, -0.1) is 11.3 Å². The number of anilines is 1. The van der Waals surface area contributed by atoms with Gasteiger partial charge < -0.3 is 11.1 Å². The second-order valence-electron chi connectivity index (χ2n) is 4.33. The second kappa shape index (κ2) is 6.15. The van der Waals surface area contributed by atoms with Crippen LogP contribution in [0.25, 0.3) is 0 Å².